The van der Waals surface area contributed by atoms with Crippen molar-refractivity contribution in [2.45, 2.75) is 37.8 Å². The summed E-state index contributed by atoms with van der Waals surface area (Å²) in [7, 11) is 0. The van der Waals surface area contributed by atoms with Crippen LogP contribution in [0.4, 0.5) is 0 Å². The van der Waals surface area contributed by atoms with Gasteiger partial charge in [0.25, 0.3) is 0 Å². The van der Waals surface area contributed by atoms with Gasteiger partial charge in [0.2, 0.25) is 0 Å². The second-order valence-corrected chi connectivity index (χ2v) is 5.28. The molecule has 0 aliphatic heterocycles. The van der Waals surface area contributed by atoms with Crippen molar-refractivity contribution in [3.63, 3.8) is 0 Å². The van der Waals surface area contributed by atoms with Crippen LogP contribution < -0.4 is 11.1 Å². The van der Waals surface area contributed by atoms with Gasteiger partial charge in [-0.2, -0.15) is 0 Å². The van der Waals surface area contributed by atoms with E-state index in [4.69, 9.17) is 10.5 Å². The van der Waals surface area contributed by atoms with Gasteiger partial charge in [0.15, 0.2) is 0 Å². The topological polar surface area (TPSA) is 47.3 Å². The first kappa shape index (κ1) is 13.5. The molecular weight excluding hydrogens is 224 g/mol. The molecule has 1 aromatic rings. The molecule has 0 heterocycles. The van der Waals surface area contributed by atoms with Crippen LogP contribution in [0, 0.1) is 0 Å². The highest BCUT2D eigenvalue weighted by molar-refractivity contribution is 5.13. The second kappa shape index (κ2) is 6.88. The van der Waals surface area contributed by atoms with E-state index >= 15 is 0 Å². The number of hydrogen-bond donors (Lipinski definition) is 2. The Morgan fingerprint density at radius 2 is 1.89 bits per heavy atom. The largest absolute Gasteiger partial charge is 0.375 e. The third-order valence-corrected chi connectivity index (χ3v) is 3.61. The van der Waals surface area contributed by atoms with Gasteiger partial charge in [0.05, 0.1) is 13.2 Å². The lowest BCUT2D eigenvalue weighted by molar-refractivity contribution is 0.121. The smallest absolute Gasteiger partial charge is 0.0717 e. The Morgan fingerprint density at radius 3 is 2.61 bits per heavy atom. The third kappa shape index (κ3) is 4.41. The van der Waals surface area contributed by atoms with Crippen LogP contribution in [0.15, 0.2) is 30.3 Å². The molecule has 0 saturated heterocycles. The molecule has 1 fully saturated rings. The van der Waals surface area contributed by atoms with Crippen LogP contribution in [0.5, 0.6) is 0 Å². The molecule has 3 N–H and O–H groups in total. The van der Waals surface area contributed by atoms with Crippen LogP contribution in [-0.4, -0.2) is 25.2 Å². The molecule has 1 aliphatic rings. The molecule has 100 valence electrons. The van der Waals surface area contributed by atoms with E-state index in [2.05, 4.69) is 17.4 Å². The fraction of sp³-hybridized carbons (Fsp3) is 0.600. The predicted octanol–water partition coefficient (Wildman–Crippen LogP) is 2.06. The maximum atomic E-state index is 6.26. The van der Waals surface area contributed by atoms with Crippen LogP contribution in [-0.2, 0) is 11.3 Å². The predicted molar refractivity (Wildman–Crippen MR) is 74.4 cm³/mol. The minimum atomic E-state index is 0.0411. The van der Waals surface area contributed by atoms with Crippen molar-refractivity contribution < 1.29 is 4.74 Å². The number of rotatable bonds is 7. The molecule has 0 bridgehead atoms. The van der Waals surface area contributed by atoms with Crippen molar-refractivity contribution in [3.8, 4) is 0 Å². The third-order valence-electron chi connectivity index (χ3n) is 3.61. The van der Waals surface area contributed by atoms with Gasteiger partial charge in [-0.15, -0.1) is 0 Å². The molecular formula is C15H24N2O. The lowest BCUT2D eigenvalue weighted by Crippen LogP contribution is -2.46. The zero-order valence-corrected chi connectivity index (χ0v) is 11.0. The van der Waals surface area contributed by atoms with Crippen LogP contribution in [0.2, 0.25) is 0 Å². The van der Waals surface area contributed by atoms with Crippen molar-refractivity contribution >= 4 is 0 Å². The molecule has 0 radical (unpaired) electrons. The molecule has 18 heavy (non-hydrogen) atoms. The summed E-state index contributed by atoms with van der Waals surface area (Å²) in [6.45, 7) is 3.23. The summed E-state index contributed by atoms with van der Waals surface area (Å²) in [5.41, 5.74) is 7.53. The molecule has 1 aromatic carbocycles. The van der Waals surface area contributed by atoms with Crippen molar-refractivity contribution in [1.82, 2.24) is 5.32 Å². The Balaban J connectivity index is 1.51. The van der Waals surface area contributed by atoms with E-state index in [-0.39, 0.29) is 5.54 Å². The zero-order chi connectivity index (χ0) is 12.7. The first-order valence-electron chi connectivity index (χ1n) is 6.90. The normalized spacial score (nSPS) is 18.1. The molecule has 3 nitrogen and oxygen atoms in total. The highest BCUT2D eigenvalue weighted by Crippen LogP contribution is 2.26. The maximum Gasteiger partial charge on any atom is 0.0717 e. The van der Waals surface area contributed by atoms with Gasteiger partial charge in [-0.1, -0.05) is 43.2 Å². The van der Waals surface area contributed by atoms with Gasteiger partial charge >= 0.3 is 0 Å². The lowest BCUT2D eigenvalue weighted by Gasteiger charge is -2.23. The van der Waals surface area contributed by atoms with E-state index in [1.54, 1.807) is 0 Å². The number of ether oxygens (including phenoxy) is 1. The van der Waals surface area contributed by atoms with Crippen molar-refractivity contribution in [1.29, 1.82) is 0 Å². The Morgan fingerprint density at radius 1 is 1.17 bits per heavy atom. The van der Waals surface area contributed by atoms with Crippen LogP contribution in [0.1, 0.15) is 31.2 Å². The molecule has 2 rings (SSSR count). The number of nitrogens with one attached hydrogen (secondary N) is 1. The average molecular weight is 248 g/mol. The van der Waals surface area contributed by atoms with Crippen LogP contribution >= 0.6 is 0 Å². The van der Waals surface area contributed by atoms with E-state index in [0.717, 1.165) is 32.5 Å². The van der Waals surface area contributed by atoms with Gasteiger partial charge in [0.1, 0.15) is 0 Å². The molecule has 3 heteroatoms. The lowest BCUT2D eigenvalue weighted by atomic mass is 9.99. The summed E-state index contributed by atoms with van der Waals surface area (Å²) >= 11 is 0. The van der Waals surface area contributed by atoms with Crippen LogP contribution in [0.25, 0.3) is 0 Å². The number of hydrogen-bond acceptors (Lipinski definition) is 3. The monoisotopic (exact) mass is 248 g/mol. The minimum absolute atomic E-state index is 0.0411. The standard InChI is InChI=1S/C15H24N2O/c16-15(8-4-5-9-15)13-17-10-11-18-12-14-6-2-1-3-7-14/h1-3,6-7,17H,4-5,8-13,16H2. The molecule has 0 unspecified atom stereocenters. The van der Waals surface area contributed by atoms with Gasteiger partial charge in [-0.3, -0.25) is 0 Å². The Kier molecular flexibility index (Phi) is 5.17. The highest BCUT2D eigenvalue weighted by atomic mass is 16.5. The van der Waals surface area contributed by atoms with Gasteiger partial charge in [-0.05, 0) is 18.4 Å². The number of nitrogens with two attached hydrogens (primary N) is 1. The van der Waals surface area contributed by atoms with Crippen molar-refractivity contribution in [2.24, 2.45) is 5.73 Å². The fourth-order valence-electron chi connectivity index (χ4n) is 2.50. The van der Waals surface area contributed by atoms with Gasteiger partial charge < -0.3 is 15.8 Å². The summed E-state index contributed by atoms with van der Waals surface area (Å²) in [6.07, 6.45) is 4.88. The quantitative estimate of drug-likeness (QED) is 0.726. The van der Waals surface area contributed by atoms with Crippen LogP contribution in [0.3, 0.4) is 0 Å². The summed E-state index contributed by atoms with van der Waals surface area (Å²) < 4.78 is 5.61. The number of benzene rings is 1. The Hall–Kier alpha value is -0.900. The SMILES string of the molecule is NC1(CNCCOCc2ccccc2)CCCC1. The van der Waals surface area contributed by atoms with E-state index in [1.807, 2.05) is 18.2 Å². The minimum Gasteiger partial charge on any atom is -0.375 e. The summed E-state index contributed by atoms with van der Waals surface area (Å²) in [5.74, 6) is 0. The first-order chi connectivity index (χ1) is 8.79. The zero-order valence-electron chi connectivity index (χ0n) is 11.0. The summed E-state index contributed by atoms with van der Waals surface area (Å²) in [5, 5.41) is 3.40. The van der Waals surface area contributed by atoms with E-state index < -0.39 is 0 Å². The summed E-state index contributed by atoms with van der Waals surface area (Å²) in [4.78, 5) is 0. The van der Waals surface area contributed by atoms with Crippen molar-refractivity contribution in [3.05, 3.63) is 35.9 Å². The van der Waals surface area contributed by atoms with E-state index in [0.29, 0.717) is 6.61 Å². The van der Waals surface area contributed by atoms with Crippen molar-refractivity contribution in [2.75, 3.05) is 19.7 Å². The Labute approximate surface area is 110 Å². The molecule has 0 amide bonds. The molecule has 1 saturated carbocycles. The maximum absolute atomic E-state index is 6.26. The Bertz CT molecular complexity index is 334. The summed E-state index contributed by atoms with van der Waals surface area (Å²) in [6, 6.07) is 10.3. The van der Waals surface area contributed by atoms with Gasteiger partial charge in [0, 0.05) is 18.6 Å². The van der Waals surface area contributed by atoms with E-state index in [9.17, 15) is 0 Å². The first-order valence-corrected chi connectivity index (χ1v) is 6.90. The fourth-order valence-corrected chi connectivity index (χ4v) is 2.50. The second-order valence-electron chi connectivity index (χ2n) is 5.28. The molecule has 0 aromatic heterocycles. The highest BCUT2D eigenvalue weighted by Gasteiger charge is 2.28. The average Bonchev–Trinajstić information content (AvgIpc) is 2.82. The van der Waals surface area contributed by atoms with Gasteiger partial charge in [-0.25, -0.2) is 0 Å². The molecule has 0 spiro atoms. The molecule has 0 atom stereocenters. The van der Waals surface area contributed by atoms with E-state index in [1.165, 1.54) is 18.4 Å². The molecule has 1 aliphatic carbocycles.